The van der Waals surface area contributed by atoms with Crippen molar-refractivity contribution in [2.75, 3.05) is 0 Å². The summed E-state index contributed by atoms with van der Waals surface area (Å²) in [4.78, 5) is 0.0556. The zero-order chi connectivity index (χ0) is 15.6. The minimum absolute atomic E-state index is 0.0556. The Balaban J connectivity index is 2.42. The topological polar surface area (TPSA) is 68.3 Å². The number of allylic oxidation sites excluding steroid dienone is 6. The van der Waals surface area contributed by atoms with Crippen molar-refractivity contribution in [2.45, 2.75) is 11.8 Å². The number of aliphatic hydroxyl groups is 1. The summed E-state index contributed by atoms with van der Waals surface area (Å²) in [5.41, 5.74) is 0.743. The van der Waals surface area contributed by atoms with E-state index < -0.39 is 10.0 Å². The van der Waals surface area contributed by atoms with E-state index in [4.69, 9.17) is 23.2 Å². The van der Waals surface area contributed by atoms with Crippen LogP contribution in [0.25, 0.3) is 0 Å². The van der Waals surface area contributed by atoms with E-state index in [9.17, 15) is 13.5 Å². The predicted octanol–water partition coefficient (Wildman–Crippen LogP) is 2.07. The van der Waals surface area contributed by atoms with E-state index in [0.717, 1.165) is 0 Å². The largest absolute Gasteiger partial charge is 0.512 e. The molecule has 0 saturated heterocycles. The monoisotopic (exact) mass is 344 g/mol. The molecule has 0 saturated carbocycles. The molecule has 1 aliphatic carbocycles. The highest BCUT2D eigenvalue weighted by Gasteiger charge is 2.21. The van der Waals surface area contributed by atoms with Gasteiger partial charge in [-0.2, -0.15) is 8.42 Å². The third-order valence-corrected chi connectivity index (χ3v) is 4.64. The summed E-state index contributed by atoms with van der Waals surface area (Å²) in [6.07, 6.45) is 4.48. The Labute approximate surface area is 132 Å². The van der Waals surface area contributed by atoms with Gasteiger partial charge >= 0.3 is 10.0 Å². The van der Waals surface area contributed by atoms with Crippen molar-refractivity contribution in [1.82, 2.24) is 0 Å². The van der Waals surface area contributed by atoms with Gasteiger partial charge in [0.15, 0.2) is 0 Å². The van der Waals surface area contributed by atoms with Crippen molar-refractivity contribution in [3.8, 4) is 0 Å². The molecule has 1 aliphatic rings. The zero-order valence-electron chi connectivity index (χ0n) is 11.0. The van der Waals surface area contributed by atoms with E-state index in [1.54, 1.807) is 12.1 Å². The Kier molecular flexibility index (Phi) is 4.56. The van der Waals surface area contributed by atoms with Gasteiger partial charge in [0.1, 0.15) is 4.90 Å². The highest BCUT2D eigenvalue weighted by molar-refractivity contribution is 7.84. The second-order valence-corrected chi connectivity index (χ2v) is 6.87. The zero-order valence-corrected chi connectivity index (χ0v) is 13.3. The molecule has 1 aromatic rings. The molecule has 21 heavy (non-hydrogen) atoms. The lowest BCUT2D eigenvalue weighted by Gasteiger charge is -2.05. The average molecular weight is 345 g/mol. The molecule has 1 aromatic carbocycles. The summed E-state index contributed by atoms with van der Waals surface area (Å²) in [5, 5.41) is 10.00. The van der Waals surface area contributed by atoms with Gasteiger partial charge in [-0.1, -0.05) is 29.3 Å². The van der Waals surface area contributed by atoms with Crippen molar-refractivity contribution in [3.05, 3.63) is 63.9 Å². The number of hydrogen-bond donors (Lipinski definition) is 2. The van der Waals surface area contributed by atoms with Gasteiger partial charge < -0.3 is 5.11 Å². The van der Waals surface area contributed by atoms with Gasteiger partial charge in [0.25, 0.3) is 0 Å². The van der Waals surface area contributed by atoms with Gasteiger partial charge in [-0.05, 0) is 31.2 Å². The quantitative estimate of drug-likeness (QED) is 0.807. The first-order valence-corrected chi connectivity index (χ1v) is 8.14. The fourth-order valence-corrected chi connectivity index (χ4v) is 3.39. The van der Waals surface area contributed by atoms with E-state index in [0.29, 0.717) is 16.3 Å². The Hall–Kier alpha value is -1.56. The van der Waals surface area contributed by atoms with E-state index >= 15 is 0 Å². The van der Waals surface area contributed by atoms with Crippen molar-refractivity contribution in [1.29, 1.82) is 0 Å². The summed E-state index contributed by atoms with van der Waals surface area (Å²) < 4.78 is 26.8. The van der Waals surface area contributed by atoms with Crippen LogP contribution in [0.2, 0.25) is 5.02 Å². The molecule has 0 unspecified atom stereocenters. The Morgan fingerprint density at radius 2 is 1.95 bits per heavy atom. The molecule has 2 rings (SSSR count). The summed E-state index contributed by atoms with van der Waals surface area (Å²) in [6, 6.07) is 5.94. The van der Waals surface area contributed by atoms with Gasteiger partial charge in [0.05, 0.1) is 10.8 Å². The lowest BCUT2D eigenvalue weighted by molar-refractivity contribution is -0.265. The van der Waals surface area contributed by atoms with Crippen LogP contribution in [0.5, 0.6) is 0 Å². The lowest BCUT2D eigenvalue weighted by atomic mass is 10.1. The molecule has 0 bridgehead atoms. The molecule has 0 heterocycles. The van der Waals surface area contributed by atoms with Crippen molar-refractivity contribution in [3.63, 3.8) is 0 Å². The smallest absolute Gasteiger partial charge is 0.393 e. The fourth-order valence-electron chi connectivity index (χ4n) is 1.72. The standard InChI is InChI=1S/C14H11Cl2NO3S/c1-9(18)13-6-5-11(8-14(13)16)17-21(19,20)12-4-2-3-10(15)7-12/h2-8,18H,1H3/p+1. The molecule has 0 fully saturated rings. The predicted molar refractivity (Wildman–Crippen MR) is 83.0 cm³/mol. The maximum Gasteiger partial charge on any atom is 0.393 e. The van der Waals surface area contributed by atoms with Crippen LogP contribution in [0, 0.1) is 0 Å². The number of rotatable bonds is 2. The van der Waals surface area contributed by atoms with E-state index in [-0.39, 0.29) is 15.7 Å². The molecule has 0 amide bonds. The molecular formula is C14H12Cl2NO3S+. The Morgan fingerprint density at radius 3 is 2.52 bits per heavy atom. The molecule has 4 nitrogen and oxygen atoms in total. The first-order chi connectivity index (χ1) is 9.79. The minimum atomic E-state index is -3.75. The third kappa shape index (κ3) is 3.75. The van der Waals surface area contributed by atoms with E-state index in [1.165, 1.54) is 37.3 Å². The second-order valence-electron chi connectivity index (χ2n) is 4.34. The number of halogens is 2. The SMILES string of the molecule is CC(O)=C1C=CC(=[NH+]S(=O)(=O)c2cccc(Cl)c2)C=C1Cl. The third-order valence-electron chi connectivity index (χ3n) is 2.72. The van der Waals surface area contributed by atoms with E-state index in [2.05, 4.69) is 4.40 Å². The van der Waals surface area contributed by atoms with Gasteiger partial charge in [0.2, 0.25) is 5.71 Å². The first kappa shape index (κ1) is 15.8. The van der Waals surface area contributed by atoms with Gasteiger partial charge in [-0.3, -0.25) is 0 Å². The maximum atomic E-state index is 12.2. The molecule has 0 spiro atoms. The molecule has 0 aromatic heterocycles. The fraction of sp³-hybridized carbons (Fsp3) is 0.0714. The van der Waals surface area contributed by atoms with Crippen molar-refractivity contribution in [2.24, 2.45) is 0 Å². The minimum Gasteiger partial charge on any atom is -0.512 e. The van der Waals surface area contributed by atoms with Crippen LogP contribution in [-0.4, -0.2) is 19.2 Å². The van der Waals surface area contributed by atoms with Crippen LogP contribution in [0.3, 0.4) is 0 Å². The van der Waals surface area contributed by atoms with E-state index in [1.807, 2.05) is 0 Å². The van der Waals surface area contributed by atoms with Crippen LogP contribution >= 0.6 is 23.2 Å². The number of benzene rings is 1. The second kappa shape index (κ2) is 6.05. The number of hydrogen-bond acceptors (Lipinski definition) is 3. The van der Waals surface area contributed by atoms with Gasteiger partial charge in [-0.25, -0.2) is 0 Å². The first-order valence-electron chi connectivity index (χ1n) is 5.90. The van der Waals surface area contributed by atoms with Gasteiger partial charge in [0, 0.05) is 22.7 Å². The summed E-state index contributed by atoms with van der Waals surface area (Å²) >= 11 is 11.8. The molecule has 0 aliphatic heterocycles. The average Bonchev–Trinajstić information content (AvgIpc) is 2.37. The Morgan fingerprint density at radius 1 is 1.24 bits per heavy atom. The highest BCUT2D eigenvalue weighted by Crippen LogP contribution is 2.22. The van der Waals surface area contributed by atoms with Crippen LogP contribution in [0.15, 0.2) is 63.8 Å². The molecule has 7 heteroatoms. The summed E-state index contributed by atoms with van der Waals surface area (Å²) in [6.45, 7) is 1.50. The normalized spacial score (nSPS) is 19.6. The maximum absolute atomic E-state index is 12.2. The summed E-state index contributed by atoms with van der Waals surface area (Å²) in [5.74, 6) is 0.0595. The van der Waals surface area contributed by atoms with Gasteiger partial charge in [-0.15, -0.1) is 4.40 Å². The summed E-state index contributed by atoms with van der Waals surface area (Å²) in [7, 11) is -3.75. The lowest BCUT2D eigenvalue weighted by Crippen LogP contribution is -2.76. The van der Waals surface area contributed by atoms with Crippen LogP contribution in [-0.2, 0) is 10.0 Å². The molecular weight excluding hydrogens is 333 g/mol. The number of aliphatic hydroxyl groups excluding tert-OH is 1. The van der Waals surface area contributed by atoms with Crippen LogP contribution < -0.4 is 4.40 Å². The number of sulfonamides is 1. The molecule has 0 atom stereocenters. The van der Waals surface area contributed by atoms with Crippen LogP contribution in [0.1, 0.15) is 6.92 Å². The molecule has 0 radical (unpaired) electrons. The van der Waals surface area contributed by atoms with Crippen molar-refractivity contribution < 1.29 is 17.9 Å². The highest BCUT2D eigenvalue weighted by atomic mass is 35.5. The number of nitrogens with one attached hydrogen (secondary N) is 1. The molecule has 110 valence electrons. The molecule has 2 N–H and O–H groups in total. The van der Waals surface area contributed by atoms with Crippen molar-refractivity contribution >= 4 is 38.9 Å². The Bertz CT molecular complexity index is 801. The van der Waals surface area contributed by atoms with Crippen LogP contribution in [0.4, 0.5) is 0 Å².